The van der Waals surface area contributed by atoms with E-state index in [0.717, 1.165) is 17.1 Å². The summed E-state index contributed by atoms with van der Waals surface area (Å²) in [5.41, 5.74) is 2.32. The van der Waals surface area contributed by atoms with Crippen LogP contribution in [0.3, 0.4) is 0 Å². The summed E-state index contributed by atoms with van der Waals surface area (Å²) >= 11 is 0. The van der Waals surface area contributed by atoms with Crippen LogP contribution in [0.5, 0.6) is 11.5 Å². The van der Waals surface area contributed by atoms with Crippen molar-refractivity contribution in [1.29, 1.82) is 0 Å². The number of pyridine rings is 1. The largest absolute Gasteiger partial charge is 0.497 e. The van der Waals surface area contributed by atoms with Gasteiger partial charge in [-0.15, -0.1) is 0 Å². The van der Waals surface area contributed by atoms with E-state index in [-0.39, 0.29) is 12.1 Å². The van der Waals surface area contributed by atoms with Crippen LogP contribution in [0.2, 0.25) is 0 Å². The van der Waals surface area contributed by atoms with Gasteiger partial charge in [-0.1, -0.05) is 6.07 Å². The van der Waals surface area contributed by atoms with Gasteiger partial charge in [0.05, 0.1) is 14.2 Å². The third-order valence-corrected chi connectivity index (χ3v) is 3.61. The molecule has 2 atom stereocenters. The van der Waals surface area contributed by atoms with Gasteiger partial charge in [-0.3, -0.25) is 4.98 Å². The highest BCUT2D eigenvalue weighted by Gasteiger charge is 2.15. The fourth-order valence-corrected chi connectivity index (χ4v) is 2.39. The Labute approximate surface area is 126 Å². The minimum Gasteiger partial charge on any atom is -0.497 e. The molecule has 21 heavy (non-hydrogen) atoms. The lowest BCUT2D eigenvalue weighted by Gasteiger charge is -2.22. The number of nitrogens with zero attached hydrogens (tertiary/aromatic N) is 1. The van der Waals surface area contributed by atoms with Crippen LogP contribution in [0.15, 0.2) is 42.7 Å². The van der Waals surface area contributed by atoms with Gasteiger partial charge in [-0.25, -0.2) is 0 Å². The Morgan fingerprint density at radius 2 is 1.67 bits per heavy atom. The lowest BCUT2D eigenvalue weighted by Crippen LogP contribution is -2.22. The Balaban J connectivity index is 2.14. The van der Waals surface area contributed by atoms with Crippen molar-refractivity contribution in [3.05, 3.63) is 53.9 Å². The van der Waals surface area contributed by atoms with Gasteiger partial charge in [0.15, 0.2) is 0 Å². The number of nitrogens with one attached hydrogen (secondary N) is 1. The number of aromatic nitrogens is 1. The number of hydrogen-bond donors (Lipinski definition) is 1. The first-order valence-electron chi connectivity index (χ1n) is 7.03. The molecule has 0 amide bonds. The quantitative estimate of drug-likeness (QED) is 0.882. The number of benzene rings is 1. The molecule has 0 aliphatic carbocycles. The maximum atomic E-state index is 5.47. The smallest absolute Gasteiger partial charge is 0.127 e. The number of methoxy groups -OCH3 is 2. The molecule has 0 fully saturated rings. The molecule has 0 bridgehead atoms. The first kappa shape index (κ1) is 15.3. The first-order chi connectivity index (χ1) is 10.2. The van der Waals surface area contributed by atoms with Gasteiger partial charge in [0.25, 0.3) is 0 Å². The highest BCUT2D eigenvalue weighted by molar-refractivity contribution is 5.42. The third kappa shape index (κ3) is 3.73. The Bertz CT molecular complexity index is 572. The molecule has 0 radical (unpaired) electrons. The summed E-state index contributed by atoms with van der Waals surface area (Å²) in [6.45, 7) is 4.27. The zero-order valence-corrected chi connectivity index (χ0v) is 13.0. The van der Waals surface area contributed by atoms with E-state index in [2.05, 4.69) is 24.1 Å². The molecule has 0 spiro atoms. The number of ether oxygens (including phenoxy) is 2. The van der Waals surface area contributed by atoms with Crippen LogP contribution >= 0.6 is 0 Å². The van der Waals surface area contributed by atoms with Gasteiger partial charge < -0.3 is 14.8 Å². The van der Waals surface area contributed by atoms with E-state index < -0.39 is 0 Å². The molecular weight excluding hydrogens is 264 g/mol. The number of rotatable bonds is 6. The second-order valence-electron chi connectivity index (χ2n) is 5.00. The topological polar surface area (TPSA) is 43.4 Å². The summed E-state index contributed by atoms with van der Waals surface area (Å²) in [5, 5.41) is 3.58. The van der Waals surface area contributed by atoms with Gasteiger partial charge in [0.1, 0.15) is 11.5 Å². The molecular formula is C17H22N2O2. The monoisotopic (exact) mass is 286 g/mol. The SMILES string of the molecule is COc1ccc(C(C)NC(C)c2ccncc2)c(OC)c1. The predicted molar refractivity (Wildman–Crippen MR) is 83.7 cm³/mol. The average Bonchev–Trinajstić information content (AvgIpc) is 2.54. The molecule has 2 aromatic rings. The first-order valence-corrected chi connectivity index (χ1v) is 7.03. The van der Waals surface area contributed by atoms with Crippen LogP contribution in [0.25, 0.3) is 0 Å². The van der Waals surface area contributed by atoms with Crippen molar-refractivity contribution in [2.24, 2.45) is 0 Å². The molecule has 0 saturated carbocycles. The van der Waals surface area contributed by atoms with E-state index in [0.29, 0.717) is 0 Å². The Kier molecular flexibility index (Phi) is 5.17. The van der Waals surface area contributed by atoms with Crippen molar-refractivity contribution in [3.8, 4) is 11.5 Å². The molecule has 4 nitrogen and oxygen atoms in total. The molecule has 0 saturated heterocycles. The van der Waals surface area contributed by atoms with E-state index in [9.17, 15) is 0 Å². The molecule has 112 valence electrons. The second kappa shape index (κ2) is 7.09. The maximum Gasteiger partial charge on any atom is 0.127 e. The highest BCUT2D eigenvalue weighted by atomic mass is 16.5. The molecule has 1 aromatic heterocycles. The van der Waals surface area contributed by atoms with Crippen molar-refractivity contribution in [2.45, 2.75) is 25.9 Å². The normalized spacial score (nSPS) is 13.5. The molecule has 4 heteroatoms. The Morgan fingerprint density at radius 3 is 2.29 bits per heavy atom. The summed E-state index contributed by atoms with van der Waals surface area (Å²) in [6, 6.07) is 10.3. The molecule has 2 rings (SSSR count). The summed E-state index contributed by atoms with van der Waals surface area (Å²) in [6.07, 6.45) is 3.62. The van der Waals surface area contributed by atoms with E-state index >= 15 is 0 Å². The van der Waals surface area contributed by atoms with E-state index in [1.165, 1.54) is 5.56 Å². The van der Waals surface area contributed by atoms with Gasteiger partial charge in [-0.05, 0) is 37.6 Å². The van der Waals surface area contributed by atoms with Crippen LogP contribution in [-0.4, -0.2) is 19.2 Å². The van der Waals surface area contributed by atoms with Crippen molar-refractivity contribution < 1.29 is 9.47 Å². The Hall–Kier alpha value is -2.07. The molecule has 1 N–H and O–H groups in total. The summed E-state index contributed by atoms with van der Waals surface area (Å²) < 4.78 is 10.7. The Morgan fingerprint density at radius 1 is 0.952 bits per heavy atom. The summed E-state index contributed by atoms with van der Waals surface area (Å²) in [5.74, 6) is 1.63. The minimum atomic E-state index is 0.161. The van der Waals surface area contributed by atoms with Crippen LogP contribution in [0.1, 0.15) is 37.1 Å². The second-order valence-corrected chi connectivity index (χ2v) is 5.00. The maximum absolute atomic E-state index is 5.47. The van der Waals surface area contributed by atoms with Gasteiger partial charge >= 0.3 is 0 Å². The van der Waals surface area contributed by atoms with Gasteiger partial charge in [0.2, 0.25) is 0 Å². The fraction of sp³-hybridized carbons (Fsp3) is 0.353. The molecule has 0 aliphatic rings. The average molecular weight is 286 g/mol. The molecule has 1 heterocycles. The van der Waals surface area contributed by atoms with Gasteiger partial charge in [0, 0.05) is 36.1 Å². The summed E-state index contributed by atoms with van der Waals surface area (Å²) in [4.78, 5) is 4.05. The van der Waals surface area contributed by atoms with Crippen molar-refractivity contribution >= 4 is 0 Å². The fourth-order valence-electron chi connectivity index (χ4n) is 2.39. The molecule has 2 unspecified atom stereocenters. The van der Waals surface area contributed by atoms with Crippen LogP contribution in [0, 0.1) is 0 Å². The predicted octanol–water partition coefficient (Wildman–Crippen LogP) is 3.51. The number of hydrogen-bond acceptors (Lipinski definition) is 4. The lowest BCUT2D eigenvalue weighted by molar-refractivity contribution is 0.383. The van der Waals surface area contributed by atoms with Crippen LogP contribution in [-0.2, 0) is 0 Å². The lowest BCUT2D eigenvalue weighted by atomic mass is 10.0. The summed E-state index contributed by atoms with van der Waals surface area (Å²) in [7, 11) is 3.33. The van der Waals surface area contributed by atoms with Crippen molar-refractivity contribution in [2.75, 3.05) is 14.2 Å². The van der Waals surface area contributed by atoms with Crippen molar-refractivity contribution in [3.63, 3.8) is 0 Å². The van der Waals surface area contributed by atoms with Crippen LogP contribution in [0.4, 0.5) is 0 Å². The molecule has 0 aliphatic heterocycles. The van der Waals surface area contributed by atoms with Gasteiger partial charge in [-0.2, -0.15) is 0 Å². The van der Waals surface area contributed by atoms with Crippen molar-refractivity contribution in [1.82, 2.24) is 10.3 Å². The third-order valence-electron chi connectivity index (χ3n) is 3.61. The van der Waals surface area contributed by atoms with E-state index in [1.54, 1.807) is 14.2 Å². The zero-order chi connectivity index (χ0) is 15.2. The molecule has 1 aromatic carbocycles. The van der Waals surface area contributed by atoms with E-state index in [4.69, 9.17) is 9.47 Å². The zero-order valence-electron chi connectivity index (χ0n) is 13.0. The van der Waals surface area contributed by atoms with Crippen LogP contribution < -0.4 is 14.8 Å². The standard InChI is InChI=1S/C17H22N2O2/c1-12(14-7-9-18-10-8-14)19-13(2)16-6-5-15(20-3)11-17(16)21-4/h5-13,19H,1-4H3. The van der Waals surface area contributed by atoms with E-state index in [1.807, 2.05) is 42.7 Å². The minimum absolute atomic E-state index is 0.161. The highest BCUT2D eigenvalue weighted by Crippen LogP contribution is 2.30.